The maximum absolute atomic E-state index is 12.7. The molecule has 1 saturated heterocycles. The summed E-state index contributed by atoms with van der Waals surface area (Å²) in [6.07, 6.45) is 1.70. The molecule has 1 aliphatic rings. The first-order valence-electron chi connectivity index (χ1n) is 10.1. The van der Waals surface area contributed by atoms with Crippen LogP contribution < -0.4 is 9.80 Å². The summed E-state index contributed by atoms with van der Waals surface area (Å²) in [6.45, 7) is 1.21. The van der Waals surface area contributed by atoms with Gasteiger partial charge in [0, 0.05) is 44.4 Å². The van der Waals surface area contributed by atoms with E-state index >= 15 is 0 Å². The molecular formula is C22H23N5O4. The minimum absolute atomic E-state index is 0.0137. The van der Waals surface area contributed by atoms with Gasteiger partial charge < -0.3 is 14.3 Å². The second-order valence-corrected chi connectivity index (χ2v) is 7.77. The highest BCUT2D eigenvalue weighted by Gasteiger charge is 2.30. The maximum Gasteiger partial charge on any atom is 0.293 e. The van der Waals surface area contributed by atoms with Crippen LogP contribution in [0.3, 0.4) is 0 Å². The van der Waals surface area contributed by atoms with Crippen molar-refractivity contribution in [1.29, 1.82) is 0 Å². The van der Waals surface area contributed by atoms with Gasteiger partial charge in [-0.25, -0.2) is 0 Å². The third-order valence-electron chi connectivity index (χ3n) is 5.41. The number of anilines is 2. The average Bonchev–Trinajstić information content (AvgIpc) is 3.30. The Bertz CT molecular complexity index is 1100. The van der Waals surface area contributed by atoms with Gasteiger partial charge in [-0.15, -0.1) is 0 Å². The number of hydrogen-bond donors (Lipinski definition) is 0. The fraction of sp³-hybridized carbons (Fsp3) is 0.318. The molecule has 9 nitrogen and oxygen atoms in total. The van der Waals surface area contributed by atoms with Crippen molar-refractivity contribution in [2.75, 3.05) is 37.0 Å². The summed E-state index contributed by atoms with van der Waals surface area (Å²) in [5, 5.41) is 15.8. The van der Waals surface area contributed by atoms with E-state index in [2.05, 4.69) is 10.1 Å². The Morgan fingerprint density at radius 3 is 2.65 bits per heavy atom. The third-order valence-corrected chi connectivity index (χ3v) is 5.41. The monoisotopic (exact) mass is 421 g/mol. The molecule has 1 aliphatic heterocycles. The van der Waals surface area contributed by atoms with Gasteiger partial charge in [-0.1, -0.05) is 30.3 Å². The second-order valence-electron chi connectivity index (χ2n) is 7.77. The Morgan fingerprint density at radius 1 is 1.19 bits per heavy atom. The van der Waals surface area contributed by atoms with Crippen molar-refractivity contribution in [3.8, 4) is 0 Å². The Hall–Kier alpha value is -3.75. The summed E-state index contributed by atoms with van der Waals surface area (Å²) in [4.78, 5) is 32.3. The maximum atomic E-state index is 12.7. The molecule has 2 aromatic carbocycles. The van der Waals surface area contributed by atoms with Crippen LogP contribution in [0.1, 0.15) is 40.6 Å². The van der Waals surface area contributed by atoms with Crippen LogP contribution in [0.15, 0.2) is 53.1 Å². The SMILES string of the molecule is CN(C)c1noc([C@H]2CCCN(c3ccc(C(=O)c4ccccc4)cc3[N+](=O)[O-])C2)n1. The molecular weight excluding hydrogens is 398 g/mol. The van der Waals surface area contributed by atoms with E-state index in [-0.39, 0.29) is 17.4 Å². The topological polar surface area (TPSA) is 106 Å². The van der Waals surface area contributed by atoms with Crippen LogP contribution in [0.4, 0.5) is 17.3 Å². The molecule has 0 bridgehead atoms. The number of ketones is 1. The summed E-state index contributed by atoms with van der Waals surface area (Å²) in [7, 11) is 3.67. The van der Waals surface area contributed by atoms with E-state index < -0.39 is 4.92 Å². The van der Waals surface area contributed by atoms with Gasteiger partial charge in [0.05, 0.1) is 10.8 Å². The van der Waals surface area contributed by atoms with Crippen LogP contribution in [0, 0.1) is 10.1 Å². The lowest BCUT2D eigenvalue weighted by Gasteiger charge is -2.32. The number of aromatic nitrogens is 2. The Morgan fingerprint density at radius 2 is 1.97 bits per heavy atom. The lowest BCUT2D eigenvalue weighted by molar-refractivity contribution is -0.384. The van der Waals surface area contributed by atoms with E-state index in [0.717, 1.165) is 12.8 Å². The first-order valence-corrected chi connectivity index (χ1v) is 10.1. The molecule has 3 aromatic rings. The van der Waals surface area contributed by atoms with Gasteiger partial charge in [-0.2, -0.15) is 4.98 Å². The van der Waals surface area contributed by atoms with Crippen LogP contribution in [0.5, 0.6) is 0 Å². The van der Waals surface area contributed by atoms with Gasteiger partial charge in [0.15, 0.2) is 5.78 Å². The smallest absolute Gasteiger partial charge is 0.293 e. The predicted molar refractivity (Wildman–Crippen MR) is 116 cm³/mol. The fourth-order valence-electron chi connectivity index (χ4n) is 3.81. The number of carbonyl (C=O) groups excluding carboxylic acids is 1. The first kappa shape index (κ1) is 20.5. The van der Waals surface area contributed by atoms with Crippen molar-refractivity contribution in [1.82, 2.24) is 10.1 Å². The number of hydrogen-bond acceptors (Lipinski definition) is 8. The summed E-state index contributed by atoms with van der Waals surface area (Å²) in [5.74, 6) is 0.780. The predicted octanol–water partition coefficient (Wildman–Crippen LogP) is 3.66. The zero-order chi connectivity index (χ0) is 22.0. The molecule has 31 heavy (non-hydrogen) atoms. The van der Waals surface area contributed by atoms with Gasteiger partial charge in [0.25, 0.3) is 11.6 Å². The van der Waals surface area contributed by atoms with E-state index in [1.807, 2.05) is 25.1 Å². The highest BCUT2D eigenvalue weighted by atomic mass is 16.6. The molecule has 2 heterocycles. The van der Waals surface area contributed by atoms with Crippen LogP contribution in [0.25, 0.3) is 0 Å². The second kappa shape index (κ2) is 8.55. The molecule has 160 valence electrons. The van der Waals surface area contributed by atoms with Crippen molar-refractivity contribution in [2.45, 2.75) is 18.8 Å². The molecule has 0 unspecified atom stereocenters. The molecule has 0 spiro atoms. The standard InChI is InChI=1S/C22H23N5O4/c1-25(2)22-23-21(31-24-22)17-9-6-12-26(14-17)18-11-10-16(13-19(18)27(29)30)20(28)15-7-4-3-5-8-15/h3-5,7-8,10-11,13,17H,6,9,12,14H2,1-2H3/t17-/m0/s1. The van der Waals surface area contributed by atoms with E-state index in [0.29, 0.717) is 41.7 Å². The van der Waals surface area contributed by atoms with Gasteiger partial charge in [-0.05, 0) is 30.1 Å². The van der Waals surface area contributed by atoms with E-state index in [9.17, 15) is 14.9 Å². The number of rotatable bonds is 6. The van der Waals surface area contributed by atoms with E-state index in [1.165, 1.54) is 6.07 Å². The van der Waals surface area contributed by atoms with Crippen LogP contribution in [-0.4, -0.2) is 48.0 Å². The van der Waals surface area contributed by atoms with Crippen LogP contribution >= 0.6 is 0 Å². The van der Waals surface area contributed by atoms with Gasteiger partial charge in [-0.3, -0.25) is 14.9 Å². The molecule has 0 N–H and O–H groups in total. The molecule has 0 radical (unpaired) electrons. The molecule has 0 saturated carbocycles. The number of piperidine rings is 1. The Kier molecular flexibility index (Phi) is 5.66. The molecule has 0 amide bonds. The average molecular weight is 421 g/mol. The largest absolute Gasteiger partial charge is 0.365 e. The number of nitro groups is 1. The first-order chi connectivity index (χ1) is 14.9. The minimum atomic E-state index is -0.433. The van der Waals surface area contributed by atoms with Crippen molar-refractivity contribution in [2.24, 2.45) is 0 Å². The highest BCUT2D eigenvalue weighted by molar-refractivity contribution is 6.09. The van der Waals surface area contributed by atoms with Gasteiger partial charge in [0.1, 0.15) is 5.69 Å². The summed E-state index contributed by atoms with van der Waals surface area (Å²) in [6, 6.07) is 13.4. The molecule has 1 fully saturated rings. The Labute approximate surface area is 179 Å². The summed E-state index contributed by atoms with van der Waals surface area (Å²) >= 11 is 0. The number of nitro benzene ring substituents is 1. The number of nitrogens with zero attached hydrogens (tertiary/aromatic N) is 5. The fourth-order valence-corrected chi connectivity index (χ4v) is 3.81. The van der Waals surface area contributed by atoms with Gasteiger partial charge in [0.2, 0.25) is 5.89 Å². The molecule has 1 aromatic heterocycles. The van der Waals surface area contributed by atoms with Crippen LogP contribution in [0.2, 0.25) is 0 Å². The lowest BCUT2D eigenvalue weighted by atomic mass is 9.96. The van der Waals surface area contributed by atoms with E-state index in [1.54, 1.807) is 41.3 Å². The Balaban J connectivity index is 1.60. The van der Waals surface area contributed by atoms with Gasteiger partial charge >= 0.3 is 0 Å². The minimum Gasteiger partial charge on any atom is -0.365 e. The molecule has 1 atom stereocenters. The van der Waals surface area contributed by atoms with Crippen molar-refractivity contribution >= 4 is 23.1 Å². The molecule has 0 aliphatic carbocycles. The van der Waals surface area contributed by atoms with Crippen molar-refractivity contribution in [3.05, 3.63) is 75.7 Å². The van der Waals surface area contributed by atoms with E-state index in [4.69, 9.17) is 4.52 Å². The number of benzene rings is 2. The molecule has 4 rings (SSSR count). The summed E-state index contributed by atoms with van der Waals surface area (Å²) in [5.41, 5.74) is 1.20. The van der Waals surface area contributed by atoms with Crippen molar-refractivity contribution in [3.63, 3.8) is 0 Å². The molecule has 9 heteroatoms. The third kappa shape index (κ3) is 4.25. The zero-order valence-corrected chi connectivity index (χ0v) is 17.4. The number of carbonyl (C=O) groups is 1. The quantitative estimate of drug-likeness (QED) is 0.337. The summed E-state index contributed by atoms with van der Waals surface area (Å²) < 4.78 is 5.42. The highest BCUT2D eigenvalue weighted by Crippen LogP contribution is 2.35. The van der Waals surface area contributed by atoms with Crippen LogP contribution in [-0.2, 0) is 0 Å². The zero-order valence-electron chi connectivity index (χ0n) is 17.4. The lowest BCUT2D eigenvalue weighted by Crippen LogP contribution is -2.35. The van der Waals surface area contributed by atoms with Crippen molar-refractivity contribution < 1.29 is 14.2 Å². The normalized spacial score (nSPS) is 16.2.